The Bertz CT molecular complexity index is 795. The SMILES string of the molecule is COc1ccc(-n2ccnc2CN2CCC[C@@H](c3ncn[nH]3)C2)cc1. The molecule has 1 saturated heterocycles. The molecule has 7 heteroatoms. The highest BCUT2D eigenvalue weighted by molar-refractivity contribution is 5.38. The number of nitrogens with one attached hydrogen (secondary N) is 1. The van der Waals surface area contributed by atoms with E-state index in [0.717, 1.165) is 55.6 Å². The largest absolute Gasteiger partial charge is 0.497 e. The number of rotatable bonds is 5. The zero-order valence-corrected chi connectivity index (χ0v) is 14.3. The topological polar surface area (TPSA) is 71.9 Å². The molecule has 25 heavy (non-hydrogen) atoms. The second kappa shape index (κ2) is 7.06. The Morgan fingerprint density at radius 3 is 2.88 bits per heavy atom. The summed E-state index contributed by atoms with van der Waals surface area (Å²) >= 11 is 0. The Labute approximate surface area is 146 Å². The lowest BCUT2D eigenvalue weighted by Crippen LogP contribution is -2.35. The summed E-state index contributed by atoms with van der Waals surface area (Å²) in [6, 6.07) is 8.05. The van der Waals surface area contributed by atoms with Crippen LogP contribution in [0.4, 0.5) is 0 Å². The Kier molecular flexibility index (Phi) is 4.47. The number of piperidine rings is 1. The summed E-state index contributed by atoms with van der Waals surface area (Å²) < 4.78 is 7.37. The van der Waals surface area contributed by atoms with Gasteiger partial charge in [0.05, 0.1) is 13.7 Å². The van der Waals surface area contributed by atoms with Crippen molar-refractivity contribution in [3.05, 3.63) is 54.6 Å². The predicted octanol–water partition coefficient (Wildman–Crippen LogP) is 2.38. The van der Waals surface area contributed by atoms with Crippen LogP contribution in [-0.4, -0.2) is 49.8 Å². The van der Waals surface area contributed by atoms with E-state index < -0.39 is 0 Å². The number of ether oxygens (including phenoxy) is 1. The highest BCUT2D eigenvalue weighted by Gasteiger charge is 2.24. The summed E-state index contributed by atoms with van der Waals surface area (Å²) in [5.74, 6) is 3.31. The minimum Gasteiger partial charge on any atom is -0.497 e. The van der Waals surface area contributed by atoms with Crippen LogP contribution in [-0.2, 0) is 6.54 Å². The standard InChI is InChI=1S/C18H22N6O/c1-25-16-6-4-15(5-7-16)24-10-8-19-17(24)12-23-9-2-3-14(11-23)18-20-13-21-22-18/h4-8,10,13-14H,2-3,9,11-12H2,1H3,(H,20,21,22)/t14-/m1/s1. The molecule has 1 fully saturated rings. The number of hydrogen-bond donors (Lipinski definition) is 1. The quantitative estimate of drug-likeness (QED) is 0.773. The monoisotopic (exact) mass is 338 g/mol. The van der Waals surface area contributed by atoms with Gasteiger partial charge in [-0.2, -0.15) is 5.10 Å². The summed E-state index contributed by atoms with van der Waals surface area (Å²) in [4.78, 5) is 11.3. The summed E-state index contributed by atoms with van der Waals surface area (Å²) in [6.45, 7) is 2.88. The molecule has 130 valence electrons. The van der Waals surface area contributed by atoms with Gasteiger partial charge >= 0.3 is 0 Å². The maximum absolute atomic E-state index is 5.24. The van der Waals surface area contributed by atoms with Crippen molar-refractivity contribution in [2.24, 2.45) is 0 Å². The van der Waals surface area contributed by atoms with Crippen LogP contribution in [0.3, 0.4) is 0 Å². The lowest BCUT2D eigenvalue weighted by molar-refractivity contribution is 0.191. The molecule has 4 rings (SSSR count). The fourth-order valence-electron chi connectivity index (χ4n) is 3.46. The van der Waals surface area contributed by atoms with Gasteiger partial charge < -0.3 is 9.30 Å². The smallest absolute Gasteiger partial charge is 0.137 e. The van der Waals surface area contributed by atoms with E-state index in [1.165, 1.54) is 0 Å². The molecule has 2 aromatic heterocycles. The van der Waals surface area contributed by atoms with Crippen LogP contribution in [0.15, 0.2) is 43.0 Å². The van der Waals surface area contributed by atoms with Crippen molar-refractivity contribution in [3.8, 4) is 11.4 Å². The van der Waals surface area contributed by atoms with Crippen molar-refractivity contribution < 1.29 is 4.74 Å². The van der Waals surface area contributed by atoms with Gasteiger partial charge in [-0.15, -0.1) is 0 Å². The molecule has 1 N–H and O–H groups in total. The molecule has 1 aromatic carbocycles. The van der Waals surface area contributed by atoms with Crippen LogP contribution in [0.25, 0.3) is 5.69 Å². The molecule has 0 spiro atoms. The van der Waals surface area contributed by atoms with Crippen molar-refractivity contribution in [3.63, 3.8) is 0 Å². The van der Waals surface area contributed by atoms with Crippen LogP contribution in [0.1, 0.15) is 30.4 Å². The average molecular weight is 338 g/mol. The third-order valence-electron chi connectivity index (χ3n) is 4.76. The first kappa shape index (κ1) is 15.8. The first-order valence-electron chi connectivity index (χ1n) is 8.58. The number of hydrogen-bond acceptors (Lipinski definition) is 5. The zero-order valence-electron chi connectivity index (χ0n) is 14.3. The molecule has 1 aliphatic rings. The third kappa shape index (κ3) is 3.41. The Hall–Kier alpha value is -2.67. The van der Waals surface area contributed by atoms with E-state index in [9.17, 15) is 0 Å². The Morgan fingerprint density at radius 2 is 2.12 bits per heavy atom. The summed E-state index contributed by atoms with van der Waals surface area (Å²) in [5, 5.41) is 7.00. The molecule has 0 saturated carbocycles. The van der Waals surface area contributed by atoms with E-state index in [0.29, 0.717) is 5.92 Å². The molecular weight excluding hydrogens is 316 g/mol. The van der Waals surface area contributed by atoms with E-state index in [1.54, 1.807) is 13.4 Å². The second-order valence-electron chi connectivity index (χ2n) is 6.36. The number of methoxy groups -OCH3 is 1. The number of likely N-dealkylation sites (tertiary alicyclic amines) is 1. The molecule has 7 nitrogen and oxygen atoms in total. The molecule has 0 amide bonds. The first-order valence-corrected chi connectivity index (χ1v) is 8.58. The summed E-state index contributed by atoms with van der Waals surface area (Å²) in [6.07, 6.45) is 7.77. The van der Waals surface area contributed by atoms with E-state index in [-0.39, 0.29) is 0 Å². The fourth-order valence-corrected chi connectivity index (χ4v) is 3.46. The van der Waals surface area contributed by atoms with E-state index in [2.05, 4.69) is 41.8 Å². The lowest BCUT2D eigenvalue weighted by atomic mass is 9.97. The predicted molar refractivity (Wildman–Crippen MR) is 93.8 cm³/mol. The van der Waals surface area contributed by atoms with Crippen LogP contribution in [0.2, 0.25) is 0 Å². The molecule has 0 aliphatic carbocycles. The number of H-pyrrole nitrogens is 1. The van der Waals surface area contributed by atoms with Gasteiger partial charge in [-0.25, -0.2) is 9.97 Å². The van der Waals surface area contributed by atoms with Gasteiger partial charge in [0.15, 0.2) is 0 Å². The zero-order chi connectivity index (χ0) is 17.1. The van der Waals surface area contributed by atoms with E-state index in [1.807, 2.05) is 24.5 Å². The number of benzene rings is 1. The van der Waals surface area contributed by atoms with Crippen LogP contribution in [0, 0.1) is 0 Å². The average Bonchev–Trinajstić information content (AvgIpc) is 3.34. The molecule has 3 heterocycles. The molecule has 1 aliphatic heterocycles. The van der Waals surface area contributed by atoms with Crippen molar-refractivity contribution >= 4 is 0 Å². The highest BCUT2D eigenvalue weighted by atomic mass is 16.5. The normalized spacial score (nSPS) is 18.4. The Morgan fingerprint density at radius 1 is 1.24 bits per heavy atom. The maximum Gasteiger partial charge on any atom is 0.137 e. The number of nitrogens with zero attached hydrogens (tertiary/aromatic N) is 5. The van der Waals surface area contributed by atoms with Gasteiger partial charge in [-0.3, -0.25) is 10.00 Å². The lowest BCUT2D eigenvalue weighted by Gasteiger charge is -2.31. The molecule has 0 unspecified atom stereocenters. The molecule has 3 aromatic rings. The fraction of sp³-hybridized carbons (Fsp3) is 0.389. The van der Waals surface area contributed by atoms with Crippen LogP contribution < -0.4 is 4.74 Å². The molecule has 0 radical (unpaired) electrons. The van der Waals surface area contributed by atoms with Gasteiger partial charge in [-0.1, -0.05) is 0 Å². The summed E-state index contributed by atoms with van der Waals surface area (Å²) in [5.41, 5.74) is 1.09. The van der Waals surface area contributed by atoms with Crippen molar-refractivity contribution in [2.75, 3.05) is 20.2 Å². The van der Waals surface area contributed by atoms with Crippen molar-refractivity contribution in [1.82, 2.24) is 29.6 Å². The van der Waals surface area contributed by atoms with Gasteiger partial charge in [0.2, 0.25) is 0 Å². The van der Waals surface area contributed by atoms with Crippen LogP contribution >= 0.6 is 0 Å². The highest BCUT2D eigenvalue weighted by Crippen LogP contribution is 2.25. The minimum atomic E-state index is 0.417. The second-order valence-corrected chi connectivity index (χ2v) is 6.36. The molecule has 1 atom stereocenters. The number of imidazole rings is 1. The van der Waals surface area contributed by atoms with Gasteiger partial charge in [-0.05, 0) is 43.7 Å². The Balaban J connectivity index is 1.48. The van der Waals surface area contributed by atoms with Gasteiger partial charge in [0.25, 0.3) is 0 Å². The van der Waals surface area contributed by atoms with E-state index >= 15 is 0 Å². The van der Waals surface area contributed by atoms with Gasteiger partial charge in [0, 0.05) is 30.5 Å². The van der Waals surface area contributed by atoms with Crippen LogP contribution in [0.5, 0.6) is 5.75 Å². The maximum atomic E-state index is 5.24. The van der Waals surface area contributed by atoms with Crippen molar-refractivity contribution in [2.45, 2.75) is 25.3 Å². The first-order chi connectivity index (χ1) is 12.3. The minimum absolute atomic E-state index is 0.417. The number of aromatic amines is 1. The van der Waals surface area contributed by atoms with Crippen molar-refractivity contribution in [1.29, 1.82) is 0 Å². The third-order valence-corrected chi connectivity index (χ3v) is 4.76. The van der Waals surface area contributed by atoms with Gasteiger partial charge in [0.1, 0.15) is 23.7 Å². The summed E-state index contributed by atoms with van der Waals surface area (Å²) in [7, 11) is 1.68. The van der Waals surface area contributed by atoms with E-state index in [4.69, 9.17) is 4.74 Å². The molecule has 0 bridgehead atoms. The number of aromatic nitrogens is 5. The molecular formula is C18H22N6O.